The average molecular weight is 391 g/mol. The van der Waals surface area contributed by atoms with E-state index in [0.29, 0.717) is 25.4 Å². The molecule has 3 rings (SSSR count). The van der Waals surface area contributed by atoms with E-state index in [1.54, 1.807) is 32.7 Å². The molecule has 0 saturated heterocycles. The molecule has 7 heteroatoms. The van der Waals surface area contributed by atoms with Gasteiger partial charge in [0.25, 0.3) is 0 Å². The van der Waals surface area contributed by atoms with Crippen molar-refractivity contribution in [2.75, 3.05) is 47.6 Å². The summed E-state index contributed by atoms with van der Waals surface area (Å²) in [7, 11) is 4.93. The molecule has 1 aliphatic heterocycles. The van der Waals surface area contributed by atoms with Crippen LogP contribution in [0.3, 0.4) is 0 Å². The van der Waals surface area contributed by atoms with Crippen molar-refractivity contribution in [2.24, 2.45) is 0 Å². The monoisotopic (exact) mass is 390 g/mol. The number of benzene rings is 1. The third-order valence-corrected chi connectivity index (χ3v) is 5.69. The summed E-state index contributed by atoms with van der Waals surface area (Å²) in [6.45, 7) is 2.19. The van der Waals surface area contributed by atoms with Crippen molar-refractivity contribution in [1.29, 1.82) is 0 Å². The number of ether oxygens (including phenoxy) is 3. The van der Waals surface area contributed by atoms with Crippen molar-refractivity contribution in [3.05, 3.63) is 45.6 Å². The first-order chi connectivity index (χ1) is 13.2. The van der Waals surface area contributed by atoms with E-state index in [4.69, 9.17) is 14.2 Å². The number of rotatable bonds is 8. The average Bonchev–Trinajstić information content (AvgIpc) is 3.21. The maximum atomic E-state index is 12.4. The largest absolute Gasteiger partial charge is 0.493 e. The van der Waals surface area contributed by atoms with Crippen LogP contribution in [0.25, 0.3) is 0 Å². The van der Waals surface area contributed by atoms with E-state index in [9.17, 15) is 4.79 Å². The quantitative estimate of drug-likeness (QED) is 0.702. The van der Waals surface area contributed by atoms with Crippen LogP contribution in [-0.4, -0.2) is 58.4 Å². The molecule has 0 radical (unpaired) electrons. The molecule has 6 nitrogen and oxygen atoms in total. The maximum Gasteiger partial charge on any atom is 0.234 e. The summed E-state index contributed by atoms with van der Waals surface area (Å²) in [5.74, 6) is 1.47. The summed E-state index contributed by atoms with van der Waals surface area (Å²) < 4.78 is 16.0. The summed E-state index contributed by atoms with van der Waals surface area (Å²) in [6.07, 6.45) is 0.864. The highest BCUT2D eigenvalue weighted by Crippen LogP contribution is 2.41. The lowest BCUT2D eigenvalue weighted by Gasteiger charge is -2.37. The molecule has 146 valence electrons. The Hall–Kier alpha value is -2.09. The van der Waals surface area contributed by atoms with E-state index in [1.807, 2.05) is 12.1 Å². The van der Waals surface area contributed by atoms with E-state index in [0.717, 1.165) is 18.7 Å². The SMILES string of the molecule is COCCNC(=O)CN1CCc2cc(OC)c(OC)cc2C1c1cccs1. The summed E-state index contributed by atoms with van der Waals surface area (Å²) in [5.41, 5.74) is 2.41. The lowest BCUT2D eigenvalue weighted by atomic mass is 9.91. The minimum absolute atomic E-state index is 0.0116. The Morgan fingerprint density at radius 2 is 2.04 bits per heavy atom. The van der Waals surface area contributed by atoms with Gasteiger partial charge in [-0.15, -0.1) is 11.3 Å². The molecule has 2 heterocycles. The molecule has 2 aromatic rings. The second-order valence-electron chi connectivity index (χ2n) is 6.39. The Balaban J connectivity index is 1.90. The number of thiophene rings is 1. The van der Waals surface area contributed by atoms with Crippen LogP contribution in [0.4, 0.5) is 0 Å². The third-order valence-electron chi connectivity index (χ3n) is 4.76. The van der Waals surface area contributed by atoms with Gasteiger partial charge in [-0.05, 0) is 41.1 Å². The Labute approximate surface area is 164 Å². The Morgan fingerprint density at radius 1 is 1.26 bits per heavy atom. The fourth-order valence-electron chi connectivity index (χ4n) is 3.48. The highest BCUT2D eigenvalue weighted by Gasteiger charge is 2.32. The van der Waals surface area contributed by atoms with Crippen LogP contribution in [0.5, 0.6) is 11.5 Å². The topological polar surface area (TPSA) is 60.0 Å². The number of methoxy groups -OCH3 is 3. The van der Waals surface area contributed by atoms with Gasteiger partial charge in [0.1, 0.15) is 0 Å². The van der Waals surface area contributed by atoms with Crippen LogP contribution in [-0.2, 0) is 16.0 Å². The normalized spacial score (nSPS) is 16.6. The number of nitrogens with one attached hydrogen (secondary N) is 1. The fourth-order valence-corrected chi connectivity index (χ4v) is 4.36. The lowest BCUT2D eigenvalue weighted by Crippen LogP contribution is -2.43. The van der Waals surface area contributed by atoms with E-state index in [1.165, 1.54) is 16.0 Å². The van der Waals surface area contributed by atoms with Crippen LogP contribution < -0.4 is 14.8 Å². The van der Waals surface area contributed by atoms with Crippen molar-refractivity contribution >= 4 is 17.2 Å². The van der Waals surface area contributed by atoms with Gasteiger partial charge in [0.2, 0.25) is 5.91 Å². The zero-order valence-corrected chi connectivity index (χ0v) is 16.8. The van der Waals surface area contributed by atoms with Crippen molar-refractivity contribution in [1.82, 2.24) is 10.2 Å². The van der Waals surface area contributed by atoms with Crippen LogP contribution in [0, 0.1) is 0 Å². The first kappa shape index (κ1) is 19.7. The predicted octanol–water partition coefficient (Wildman–Crippen LogP) is 2.48. The van der Waals surface area contributed by atoms with Crippen LogP contribution >= 0.6 is 11.3 Å². The molecule has 1 aromatic carbocycles. The van der Waals surface area contributed by atoms with Crippen molar-refractivity contribution < 1.29 is 19.0 Å². The summed E-state index contributed by atoms with van der Waals surface area (Å²) in [4.78, 5) is 15.8. The van der Waals surface area contributed by atoms with Crippen molar-refractivity contribution in [3.63, 3.8) is 0 Å². The van der Waals surface area contributed by atoms with Gasteiger partial charge >= 0.3 is 0 Å². The molecule has 0 bridgehead atoms. The lowest BCUT2D eigenvalue weighted by molar-refractivity contribution is -0.122. The van der Waals surface area contributed by atoms with Gasteiger partial charge in [0.05, 0.1) is 33.4 Å². The number of carbonyl (C=O) groups is 1. The van der Waals surface area contributed by atoms with Gasteiger partial charge in [-0.25, -0.2) is 0 Å². The second-order valence-corrected chi connectivity index (χ2v) is 7.37. The number of amides is 1. The Morgan fingerprint density at radius 3 is 2.70 bits per heavy atom. The molecule has 0 saturated carbocycles. The van der Waals surface area contributed by atoms with Gasteiger partial charge in [0, 0.05) is 25.1 Å². The van der Waals surface area contributed by atoms with Gasteiger partial charge in [-0.2, -0.15) is 0 Å². The molecular weight excluding hydrogens is 364 g/mol. The van der Waals surface area contributed by atoms with Gasteiger partial charge < -0.3 is 19.5 Å². The predicted molar refractivity (Wildman–Crippen MR) is 106 cm³/mol. The molecular formula is C20H26N2O4S. The van der Waals surface area contributed by atoms with Crippen molar-refractivity contribution in [3.8, 4) is 11.5 Å². The highest BCUT2D eigenvalue weighted by atomic mass is 32.1. The second kappa shape index (κ2) is 9.21. The maximum absolute atomic E-state index is 12.4. The molecule has 0 spiro atoms. The third kappa shape index (κ3) is 4.43. The standard InChI is InChI=1S/C20H26N2O4S/c1-24-9-7-21-19(23)13-22-8-6-14-11-16(25-2)17(26-3)12-15(14)20(22)18-5-4-10-27-18/h4-5,10-12,20H,6-9,13H2,1-3H3,(H,21,23). The minimum Gasteiger partial charge on any atom is -0.493 e. The summed E-state index contributed by atoms with van der Waals surface area (Å²) in [6, 6.07) is 8.31. The van der Waals surface area contributed by atoms with Gasteiger partial charge in [-0.3, -0.25) is 9.69 Å². The van der Waals surface area contributed by atoms with E-state index in [2.05, 4.69) is 27.7 Å². The fraction of sp³-hybridized carbons (Fsp3) is 0.450. The first-order valence-corrected chi connectivity index (χ1v) is 9.83. The van der Waals surface area contributed by atoms with Crippen molar-refractivity contribution in [2.45, 2.75) is 12.5 Å². The molecule has 1 aliphatic rings. The Kier molecular flexibility index (Phi) is 6.71. The summed E-state index contributed by atoms with van der Waals surface area (Å²) >= 11 is 1.70. The van der Waals surface area contributed by atoms with Gasteiger partial charge in [0.15, 0.2) is 11.5 Å². The molecule has 27 heavy (non-hydrogen) atoms. The first-order valence-electron chi connectivity index (χ1n) is 8.95. The zero-order valence-electron chi connectivity index (χ0n) is 16.0. The minimum atomic E-state index is 0.0116. The van der Waals surface area contributed by atoms with Crippen LogP contribution in [0.2, 0.25) is 0 Å². The molecule has 0 aliphatic carbocycles. The Bertz CT molecular complexity index is 764. The number of hydrogen-bond donors (Lipinski definition) is 1. The van der Waals surface area contributed by atoms with Gasteiger partial charge in [-0.1, -0.05) is 6.07 Å². The van der Waals surface area contributed by atoms with Crippen LogP contribution in [0.1, 0.15) is 22.0 Å². The number of nitrogens with zero attached hydrogens (tertiary/aromatic N) is 1. The molecule has 0 fully saturated rings. The van der Waals surface area contributed by atoms with E-state index < -0.39 is 0 Å². The number of fused-ring (bicyclic) bond motifs is 1. The summed E-state index contributed by atoms with van der Waals surface area (Å²) in [5, 5.41) is 4.99. The van der Waals surface area contributed by atoms with Crippen LogP contribution in [0.15, 0.2) is 29.6 Å². The molecule has 1 aromatic heterocycles. The zero-order chi connectivity index (χ0) is 19.2. The number of carbonyl (C=O) groups excluding carboxylic acids is 1. The molecule has 1 unspecified atom stereocenters. The van der Waals surface area contributed by atoms with E-state index in [-0.39, 0.29) is 11.9 Å². The molecule has 1 N–H and O–H groups in total. The highest BCUT2D eigenvalue weighted by molar-refractivity contribution is 7.10. The smallest absolute Gasteiger partial charge is 0.234 e. The molecule has 1 amide bonds. The van der Waals surface area contributed by atoms with E-state index >= 15 is 0 Å². The molecule has 1 atom stereocenters. The number of hydrogen-bond acceptors (Lipinski definition) is 6.